The molecule has 120 valence electrons. The average molecular weight is 307 g/mol. The first kappa shape index (κ1) is 17.8. The molecule has 0 spiro atoms. The molecule has 0 radical (unpaired) electrons. The molecule has 0 aromatic rings. The third-order valence-electron chi connectivity index (χ3n) is 3.68. The van der Waals surface area contributed by atoms with Crippen LogP contribution in [0.2, 0.25) is 0 Å². The molecule has 1 atom stereocenters. The van der Waals surface area contributed by atoms with Gasteiger partial charge >= 0.3 is 0 Å². The molecule has 1 heterocycles. The molecular weight excluding hydrogens is 278 g/mol. The Morgan fingerprint density at radius 3 is 2.85 bits per heavy atom. The molecule has 1 saturated heterocycles. The lowest BCUT2D eigenvalue weighted by atomic mass is 10.0. The summed E-state index contributed by atoms with van der Waals surface area (Å²) in [5.74, 6) is 0.318. The monoisotopic (exact) mass is 307 g/mol. The number of nitrogens with one attached hydrogen (secondary N) is 1. The van der Waals surface area contributed by atoms with Crippen LogP contribution >= 0.6 is 0 Å². The Balaban J connectivity index is 2.49. The third kappa shape index (κ3) is 5.29. The SMILES string of the molecule is CCNCCCN(C)S(=O)(=O)N1CCCC(COC)C1. The summed E-state index contributed by atoms with van der Waals surface area (Å²) in [6.07, 6.45) is 2.79. The van der Waals surface area contributed by atoms with Crippen molar-refractivity contribution in [2.75, 3.05) is 53.5 Å². The van der Waals surface area contributed by atoms with E-state index in [0.717, 1.165) is 32.4 Å². The standard InChI is InChI=1S/C13H29N3O3S/c1-4-14-8-6-9-15(2)20(17,18)16-10-5-7-13(11-16)12-19-3/h13-14H,4-12H2,1-3H3. The Morgan fingerprint density at radius 2 is 2.20 bits per heavy atom. The molecule has 0 amide bonds. The van der Waals surface area contributed by atoms with Gasteiger partial charge in [0.05, 0.1) is 6.61 Å². The summed E-state index contributed by atoms with van der Waals surface area (Å²) in [4.78, 5) is 0. The second-order valence-electron chi connectivity index (χ2n) is 5.36. The normalized spacial score (nSPS) is 21.5. The van der Waals surface area contributed by atoms with Gasteiger partial charge in [-0.1, -0.05) is 6.92 Å². The number of methoxy groups -OCH3 is 1. The van der Waals surface area contributed by atoms with Crippen molar-refractivity contribution < 1.29 is 13.2 Å². The smallest absolute Gasteiger partial charge is 0.281 e. The Morgan fingerprint density at radius 1 is 1.45 bits per heavy atom. The van der Waals surface area contributed by atoms with Crippen molar-refractivity contribution in [3.8, 4) is 0 Å². The van der Waals surface area contributed by atoms with Crippen molar-refractivity contribution in [2.45, 2.75) is 26.2 Å². The first-order valence-electron chi connectivity index (χ1n) is 7.43. The second-order valence-corrected chi connectivity index (χ2v) is 7.39. The van der Waals surface area contributed by atoms with Crippen molar-refractivity contribution in [2.24, 2.45) is 5.92 Å². The van der Waals surface area contributed by atoms with Crippen molar-refractivity contribution in [3.63, 3.8) is 0 Å². The van der Waals surface area contributed by atoms with Crippen LogP contribution in [0, 0.1) is 5.92 Å². The van der Waals surface area contributed by atoms with E-state index in [-0.39, 0.29) is 0 Å². The quantitative estimate of drug-likeness (QED) is 0.631. The maximum Gasteiger partial charge on any atom is 0.281 e. The largest absolute Gasteiger partial charge is 0.384 e. The van der Waals surface area contributed by atoms with Gasteiger partial charge in [-0.2, -0.15) is 17.0 Å². The number of ether oxygens (including phenoxy) is 1. The molecule has 1 N–H and O–H groups in total. The zero-order valence-electron chi connectivity index (χ0n) is 13.0. The topological polar surface area (TPSA) is 61.9 Å². The van der Waals surface area contributed by atoms with E-state index >= 15 is 0 Å². The van der Waals surface area contributed by atoms with Crippen LogP contribution in [0.5, 0.6) is 0 Å². The van der Waals surface area contributed by atoms with Gasteiger partial charge in [-0.3, -0.25) is 0 Å². The Hall–Kier alpha value is -0.210. The van der Waals surface area contributed by atoms with Crippen molar-refractivity contribution in [1.82, 2.24) is 13.9 Å². The van der Waals surface area contributed by atoms with Gasteiger partial charge in [0.25, 0.3) is 10.2 Å². The van der Waals surface area contributed by atoms with Gasteiger partial charge in [0.15, 0.2) is 0 Å². The van der Waals surface area contributed by atoms with E-state index in [1.165, 1.54) is 4.31 Å². The van der Waals surface area contributed by atoms with Crippen molar-refractivity contribution in [3.05, 3.63) is 0 Å². The molecule has 1 rings (SSSR count). The van der Waals surface area contributed by atoms with E-state index < -0.39 is 10.2 Å². The van der Waals surface area contributed by atoms with Gasteiger partial charge in [0.2, 0.25) is 0 Å². The molecular formula is C13H29N3O3S. The highest BCUT2D eigenvalue weighted by atomic mass is 32.2. The van der Waals surface area contributed by atoms with E-state index in [1.807, 2.05) is 6.92 Å². The van der Waals surface area contributed by atoms with Crippen LogP contribution < -0.4 is 5.32 Å². The van der Waals surface area contributed by atoms with Crippen LogP contribution in [-0.2, 0) is 14.9 Å². The van der Waals surface area contributed by atoms with E-state index in [4.69, 9.17) is 4.74 Å². The predicted molar refractivity (Wildman–Crippen MR) is 80.9 cm³/mol. The molecule has 7 heteroatoms. The van der Waals surface area contributed by atoms with Crippen LogP contribution in [-0.4, -0.2) is 70.5 Å². The number of hydrogen-bond acceptors (Lipinski definition) is 4. The average Bonchev–Trinajstić information content (AvgIpc) is 2.44. The molecule has 0 aromatic heterocycles. The van der Waals surface area contributed by atoms with Gasteiger partial charge in [0.1, 0.15) is 0 Å². The summed E-state index contributed by atoms with van der Waals surface area (Å²) in [5.41, 5.74) is 0. The predicted octanol–water partition coefficient (Wildman–Crippen LogP) is 0.521. The van der Waals surface area contributed by atoms with Crippen molar-refractivity contribution >= 4 is 10.2 Å². The summed E-state index contributed by atoms with van der Waals surface area (Å²) in [6, 6.07) is 0. The van der Waals surface area contributed by atoms with Crippen LogP contribution in [0.3, 0.4) is 0 Å². The Kier molecular flexibility index (Phi) is 7.98. The molecule has 6 nitrogen and oxygen atoms in total. The van der Waals surface area contributed by atoms with Crippen LogP contribution in [0.25, 0.3) is 0 Å². The fraction of sp³-hybridized carbons (Fsp3) is 1.00. The minimum Gasteiger partial charge on any atom is -0.384 e. The highest BCUT2D eigenvalue weighted by Crippen LogP contribution is 2.20. The lowest BCUT2D eigenvalue weighted by Gasteiger charge is -2.34. The summed E-state index contributed by atoms with van der Waals surface area (Å²) in [5, 5.41) is 3.21. The minimum atomic E-state index is -3.32. The zero-order valence-corrected chi connectivity index (χ0v) is 13.8. The Labute approximate surface area is 123 Å². The van der Waals surface area contributed by atoms with Gasteiger partial charge in [-0.25, -0.2) is 0 Å². The molecule has 1 aliphatic heterocycles. The lowest BCUT2D eigenvalue weighted by Crippen LogP contribution is -2.47. The number of rotatable bonds is 9. The molecule has 0 saturated carbocycles. The molecule has 20 heavy (non-hydrogen) atoms. The van der Waals surface area contributed by atoms with Gasteiger partial charge < -0.3 is 10.1 Å². The van der Waals surface area contributed by atoms with E-state index in [2.05, 4.69) is 5.32 Å². The van der Waals surface area contributed by atoms with Gasteiger partial charge in [0, 0.05) is 33.8 Å². The second kappa shape index (κ2) is 8.94. The molecule has 1 unspecified atom stereocenters. The van der Waals surface area contributed by atoms with Gasteiger partial charge in [-0.05, 0) is 38.3 Å². The van der Waals surface area contributed by atoms with Crippen LogP contribution in [0.1, 0.15) is 26.2 Å². The maximum atomic E-state index is 12.5. The van der Waals surface area contributed by atoms with E-state index in [1.54, 1.807) is 18.5 Å². The molecule has 1 aliphatic rings. The zero-order chi connectivity index (χ0) is 15.0. The summed E-state index contributed by atoms with van der Waals surface area (Å²) < 4.78 is 33.2. The minimum absolute atomic E-state index is 0.318. The van der Waals surface area contributed by atoms with E-state index in [9.17, 15) is 8.42 Å². The number of nitrogens with zero attached hydrogens (tertiary/aromatic N) is 2. The summed E-state index contributed by atoms with van der Waals surface area (Å²) in [6.45, 7) is 6.21. The van der Waals surface area contributed by atoms with Crippen LogP contribution in [0.15, 0.2) is 0 Å². The maximum absolute atomic E-state index is 12.5. The molecule has 1 fully saturated rings. The fourth-order valence-electron chi connectivity index (χ4n) is 2.52. The molecule has 0 aromatic carbocycles. The molecule has 0 bridgehead atoms. The van der Waals surface area contributed by atoms with E-state index in [0.29, 0.717) is 32.2 Å². The fourth-order valence-corrected chi connectivity index (χ4v) is 4.04. The summed E-state index contributed by atoms with van der Waals surface area (Å²) in [7, 11) is 0.0177. The first-order valence-corrected chi connectivity index (χ1v) is 8.83. The summed E-state index contributed by atoms with van der Waals surface area (Å²) >= 11 is 0. The third-order valence-corrected chi connectivity index (χ3v) is 5.64. The lowest BCUT2D eigenvalue weighted by molar-refractivity contribution is 0.116. The molecule has 0 aliphatic carbocycles. The first-order chi connectivity index (χ1) is 9.52. The van der Waals surface area contributed by atoms with Crippen LogP contribution in [0.4, 0.5) is 0 Å². The number of hydrogen-bond donors (Lipinski definition) is 1. The number of piperidine rings is 1. The van der Waals surface area contributed by atoms with Crippen molar-refractivity contribution in [1.29, 1.82) is 0 Å². The van der Waals surface area contributed by atoms with Gasteiger partial charge in [-0.15, -0.1) is 0 Å². The highest BCUT2D eigenvalue weighted by molar-refractivity contribution is 7.86. The highest BCUT2D eigenvalue weighted by Gasteiger charge is 2.31. The Bertz CT molecular complexity index is 360.